The molecule has 0 atom stereocenters. The zero-order valence-electron chi connectivity index (χ0n) is 15.0. The molecule has 0 aliphatic heterocycles. The molecule has 2 aromatic heterocycles. The minimum absolute atomic E-state index is 0.291. The van der Waals surface area contributed by atoms with E-state index in [1.165, 1.54) is 0 Å². The van der Waals surface area contributed by atoms with E-state index in [1.807, 2.05) is 0 Å². The normalized spacial score (nSPS) is 10.3. The van der Waals surface area contributed by atoms with Crippen LogP contribution in [0.2, 0.25) is 0 Å². The monoisotopic (exact) mass is 392 g/mol. The first-order valence-electron chi connectivity index (χ1n) is 8.73. The average molecular weight is 392 g/mol. The number of nitrogens with one attached hydrogen (secondary N) is 4. The second-order valence-electron chi connectivity index (χ2n) is 5.85. The fourth-order valence-electron chi connectivity index (χ4n) is 2.28. The van der Waals surface area contributed by atoms with Gasteiger partial charge in [0.05, 0.1) is 6.20 Å². The minimum atomic E-state index is -1.21. The molecule has 0 fully saturated rings. The third-order valence-corrected chi connectivity index (χ3v) is 3.69. The lowest BCUT2D eigenvalue weighted by molar-refractivity contribution is 0.240. The number of pyridine rings is 1. The number of urea groups is 1. The summed E-state index contributed by atoms with van der Waals surface area (Å²) in [5.74, 6) is -0.744. The summed E-state index contributed by atoms with van der Waals surface area (Å²) in [6, 6.07) is 4.06. The van der Waals surface area contributed by atoms with E-state index in [2.05, 4.69) is 20.9 Å². The van der Waals surface area contributed by atoms with Gasteiger partial charge in [-0.2, -0.15) is 4.39 Å². The Morgan fingerprint density at radius 2 is 1.79 bits per heavy atom. The van der Waals surface area contributed by atoms with Gasteiger partial charge in [-0.05, 0) is 25.0 Å². The third-order valence-electron chi connectivity index (χ3n) is 3.69. The van der Waals surface area contributed by atoms with Gasteiger partial charge in [0.1, 0.15) is 5.82 Å². The number of hydrogen-bond donors (Lipinski definition) is 4. The van der Waals surface area contributed by atoms with Crippen molar-refractivity contribution in [2.75, 3.05) is 18.4 Å². The van der Waals surface area contributed by atoms with Gasteiger partial charge in [-0.3, -0.25) is 15.1 Å². The zero-order valence-corrected chi connectivity index (χ0v) is 15.0. The number of aromatic nitrogens is 3. The van der Waals surface area contributed by atoms with Gasteiger partial charge in [0.15, 0.2) is 0 Å². The zero-order chi connectivity index (χ0) is 20.4. The number of H-pyrrole nitrogens is 1. The molecule has 0 radical (unpaired) electrons. The Balaban J connectivity index is 1.55. The van der Waals surface area contributed by atoms with E-state index in [4.69, 9.17) is 0 Å². The van der Waals surface area contributed by atoms with Crippen LogP contribution in [0, 0.1) is 5.82 Å². The molecule has 2 aromatic rings. The van der Waals surface area contributed by atoms with Crippen molar-refractivity contribution in [3.8, 4) is 0 Å². The lowest BCUT2D eigenvalue weighted by Gasteiger charge is -2.08. The molecule has 0 bridgehead atoms. The molecule has 2 rings (SSSR count). The summed E-state index contributed by atoms with van der Waals surface area (Å²) < 4.78 is 13.6. The Hall–Kier alpha value is -3.50. The van der Waals surface area contributed by atoms with E-state index < -0.39 is 23.1 Å². The first kappa shape index (κ1) is 20.8. The summed E-state index contributed by atoms with van der Waals surface area (Å²) in [6.45, 7) is 0.788. The molecule has 4 N–H and O–H groups in total. The molecule has 150 valence electrons. The maximum atomic E-state index is 13.1. The van der Waals surface area contributed by atoms with Gasteiger partial charge >= 0.3 is 17.8 Å². The number of aromatic amines is 1. The second kappa shape index (κ2) is 10.6. The smallest absolute Gasteiger partial charge is 0.336 e. The van der Waals surface area contributed by atoms with Crippen molar-refractivity contribution in [2.45, 2.75) is 25.7 Å². The summed E-state index contributed by atoms with van der Waals surface area (Å²) in [5.41, 5.74) is -2.17. The van der Waals surface area contributed by atoms with Crippen LogP contribution in [0.5, 0.6) is 0 Å². The van der Waals surface area contributed by atoms with Crippen molar-refractivity contribution in [3.63, 3.8) is 0 Å². The van der Waals surface area contributed by atoms with Gasteiger partial charge < -0.3 is 10.6 Å². The highest BCUT2D eigenvalue weighted by atomic mass is 19.1. The van der Waals surface area contributed by atoms with Gasteiger partial charge in [0.2, 0.25) is 5.82 Å². The van der Waals surface area contributed by atoms with Crippen LogP contribution in [0.3, 0.4) is 0 Å². The Morgan fingerprint density at radius 3 is 2.46 bits per heavy atom. The summed E-state index contributed by atoms with van der Waals surface area (Å²) in [6.07, 6.45) is 5.16. The molecular formula is C17H21FN6O4. The molecule has 0 aliphatic carbocycles. The van der Waals surface area contributed by atoms with Crippen molar-refractivity contribution >= 4 is 17.9 Å². The van der Waals surface area contributed by atoms with E-state index >= 15 is 0 Å². The molecule has 3 amide bonds. The van der Waals surface area contributed by atoms with Gasteiger partial charge in [0.25, 0.3) is 5.56 Å². The molecule has 0 aliphatic rings. The number of carbonyl (C=O) groups excluding carboxylic acids is 2. The Bertz CT molecular complexity index is 912. The van der Waals surface area contributed by atoms with Crippen LogP contribution < -0.4 is 27.2 Å². The summed E-state index contributed by atoms with van der Waals surface area (Å²) in [7, 11) is 0. The lowest BCUT2D eigenvalue weighted by Crippen LogP contribution is -2.40. The fourth-order valence-corrected chi connectivity index (χ4v) is 2.28. The molecule has 0 saturated carbocycles. The van der Waals surface area contributed by atoms with Gasteiger partial charge in [0, 0.05) is 19.3 Å². The predicted octanol–water partition coefficient (Wildman–Crippen LogP) is 1.01. The first-order valence-corrected chi connectivity index (χ1v) is 8.73. The minimum Gasteiger partial charge on any atom is -0.338 e. The number of anilines is 1. The highest BCUT2D eigenvalue weighted by Crippen LogP contribution is 2.00. The predicted molar refractivity (Wildman–Crippen MR) is 99.8 cm³/mol. The third kappa shape index (κ3) is 6.67. The first-order chi connectivity index (χ1) is 13.5. The maximum absolute atomic E-state index is 13.1. The van der Waals surface area contributed by atoms with Crippen LogP contribution in [0.4, 0.5) is 19.8 Å². The quantitative estimate of drug-likeness (QED) is 0.497. The SMILES string of the molecule is O=C(NCCCCCCNC(=O)n1cc(F)c(=O)[nH]c1=O)Nc1ccccn1. The number of rotatable bonds is 8. The molecule has 0 unspecified atom stereocenters. The maximum Gasteiger partial charge on any atom is 0.336 e. The van der Waals surface area contributed by atoms with Crippen LogP contribution in [0.1, 0.15) is 25.7 Å². The van der Waals surface area contributed by atoms with Crippen LogP contribution >= 0.6 is 0 Å². The number of unbranched alkanes of at least 4 members (excludes halogenated alkanes) is 3. The van der Waals surface area contributed by atoms with Crippen molar-refractivity contribution in [2.24, 2.45) is 0 Å². The number of hydrogen-bond acceptors (Lipinski definition) is 5. The molecular weight excluding hydrogens is 371 g/mol. The van der Waals surface area contributed by atoms with Gasteiger partial charge in [-0.15, -0.1) is 0 Å². The van der Waals surface area contributed by atoms with E-state index in [1.54, 1.807) is 29.4 Å². The standard InChI is InChI=1S/C17H21FN6O4/c18-12-11-24(17(28)23-14(12)25)16(27)21-10-5-2-1-4-9-20-15(26)22-13-7-3-6-8-19-13/h3,6-8,11H,1-2,4-5,9-10H2,(H,21,27)(H,23,25,28)(H2,19,20,22,26). The average Bonchev–Trinajstić information content (AvgIpc) is 2.67. The Kier molecular flexibility index (Phi) is 7.88. The van der Waals surface area contributed by atoms with E-state index in [0.29, 0.717) is 36.1 Å². The summed E-state index contributed by atoms with van der Waals surface area (Å²) in [5, 5.41) is 7.79. The molecule has 0 saturated heterocycles. The largest absolute Gasteiger partial charge is 0.338 e. The van der Waals surface area contributed by atoms with Crippen molar-refractivity contribution in [1.82, 2.24) is 25.2 Å². The van der Waals surface area contributed by atoms with Gasteiger partial charge in [-0.1, -0.05) is 18.9 Å². The number of halogens is 1. The number of nitrogens with zero attached hydrogens (tertiary/aromatic N) is 2. The highest BCUT2D eigenvalue weighted by molar-refractivity contribution is 5.88. The highest BCUT2D eigenvalue weighted by Gasteiger charge is 2.10. The van der Waals surface area contributed by atoms with Crippen LogP contribution in [0.15, 0.2) is 40.2 Å². The van der Waals surface area contributed by atoms with Crippen LogP contribution in [-0.2, 0) is 0 Å². The lowest BCUT2D eigenvalue weighted by atomic mass is 10.2. The van der Waals surface area contributed by atoms with E-state index in [9.17, 15) is 23.6 Å². The van der Waals surface area contributed by atoms with Crippen LogP contribution in [0.25, 0.3) is 0 Å². The molecule has 10 nitrogen and oxygen atoms in total. The Labute approximate surface area is 159 Å². The van der Waals surface area contributed by atoms with E-state index in [-0.39, 0.29) is 6.03 Å². The number of carbonyl (C=O) groups is 2. The Morgan fingerprint density at radius 1 is 1.07 bits per heavy atom. The molecule has 0 aromatic carbocycles. The van der Waals surface area contributed by atoms with Gasteiger partial charge in [-0.25, -0.2) is 23.9 Å². The number of amides is 3. The van der Waals surface area contributed by atoms with Crippen molar-refractivity contribution < 1.29 is 14.0 Å². The summed E-state index contributed by atoms with van der Waals surface area (Å²) >= 11 is 0. The summed E-state index contributed by atoms with van der Waals surface area (Å²) in [4.78, 5) is 51.5. The topological polar surface area (TPSA) is 138 Å². The van der Waals surface area contributed by atoms with Crippen LogP contribution in [-0.4, -0.2) is 39.7 Å². The van der Waals surface area contributed by atoms with Crippen molar-refractivity contribution in [1.29, 1.82) is 0 Å². The van der Waals surface area contributed by atoms with E-state index in [0.717, 1.165) is 19.3 Å². The molecule has 0 spiro atoms. The molecule has 2 heterocycles. The fraction of sp³-hybridized carbons (Fsp3) is 0.353. The second-order valence-corrected chi connectivity index (χ2v) is 5.85. The molecule has 28 heavy (non-hydrogen) atoms. The molecule has 11 heteroatoms. The van der Waals surface area contributed by atoms with Crippen molar-refractivity contribution in [3.05, 3.63) is 57.2 Å².